The van der Waals surface area contributed by atoms with Gasteiger partial charge in [-0.15, -0.1) is 0 Å². The Morgan fingerprint density at radius 1 is 1.38 bits per heavy atom. The fourth-order valence-corrected chi connectivity index (χ4v) is 2.70. The summed E-state index contributed by atoms with van der Waals surface area (Å²) in [6.45, 7) is 1.67. The van der Waals surface area contributed by atoms with Gasteiger partial charge in [-0.25, -0.2) is 0 Å². The first-order valence-electron chi connectivity index (χ1n) is 7.02. The van der Waals surface area contributed by atoms with Crippen molar-refractivity contribution in [1.29, 1.82) is 0 Å². The highest BCUT2D eigenvalue weighted by Crippen LogP contribution is 2.31. The van der Waals surface area contributed by atoms with Gasteiger partial charge in [-0.2, -0.15) is 13.2 Å². The van der Waals surface area contributed by atoms with Crippen molar-refractivity contribution in [3.05, 3.63) is 35.4 Å². The van der Waals surface area contributed by atoms with Crippen LogP contribution in [0.2, 0.25) is 0 Å². The summed E-state index contributed by atoms with van der Waals surface area (Å²) in [4.78, 5) is 12.1. The van der Waals surface area contributed by atoms with Crippen LogP contribution in [0.5, 0.6) is 0 Å². The van der Waals surface area contributed by atoms with E-state index in [9.17, 15) is 18.0 Å². The van der Waals surface area contributed by atoms with Crippen LogP contribution in [0.25, 0.3) is 0 Å². The topological polar surface area (TPSA) is 55.1 Å². The van der Waals surface area contributed by atoms with Gasteiger partial charge in [-0.3, -0.25) is 4.79 Å². The zero-order chi connectivity index (χ0) is 15.6. The van der Waals surface area contributed by atoms with Gasteiger partial charge in [0.05, 0.1) is 17.5 Å². The number of halogens is 3. The first-order chi connectivity index (χ1) is 9.79. The summed E-state index contributed by atoms with van der Waals surface area (Å²) in [5.74, 6) is -0.414. The average Bonchev–Trinajstić information content (AvgIpc) is 2.84. The fourth-order valence-electron chi connectivity index (χ4n) is 2.70. The summed E-state index contributed by atoms with van der Waals surface area (Å²) in [5, 5.41) is 2.76. The molecule has 1 amide bonds. The van der Waals surface area contributed by atoms with Crippen LogP contribution >= 0.6 is 0 Å². The van der Waals surface area contributed by atoms with Crippen molar-refractivity contribution in [1.82, 2.24) is 5.32 Å². The Kier molecular flexibility index (Phi) is 4.56. The maximum Gasteiger partial charge on any atom is 0.416 e. The molecule has 116 valence electrons. The molecule has 3 nitrogen and oxygen atoms in total. The summed E-state index contributed by atoms with van der Waals surface area (Å²) in [6, 6.07) is 4.38. The molecule has 3 atom stereocenters. The summed E-state index contributed by atoms with van der Waals surface area (Å²) in [6.07, 6.45) is -1.91. The lowest BCUT2D eigenvalue weighted by Gasteiger charge is -2.20. The monoisotopic (exact) mass is 300 g/mol. The zero-order valence-electron chi connectivity index (χ0n) is 11.8. The Bertz CT molecular complexity index is 516. The van der Waals surface area contributed by atoms with Crippen molar-refractivity contribution in [2.75, 3.05) is 0 Å². The van der Waals surface area contributed by atoms with E-state index in [0.717, 1.165) is 31.4 Å². The first-order valence-corrected chi connectivity index (χ1v) is 7.02. The van der Waals surface area contributed by atoms with Gasteiger partial charge in [-0.1, -0.05) is 18.6 Å². The van der Waals surface area contributed by atoms with Gasteiger partial charge in [0.25, 0.3) is 0 Å². The van der Waals surface area contributed by atoms with Crippen LogP contribution in [0.15, 0.2) is 24.3 Å². The van der Waals surface area contributed by atoms with Crippen molar-refractivity contribution in [3.8, 4) is 0 Å². The first kappa shape index (κ1) is 15.8. The molecule has 1 aromatic rings. The van der Waals surface area contributed by atoms with Gasteiger partial charge in [-0.05, 0) is 37.5 Å². The Morgan fingerprint density at radius 2 is 2.10 bits per heavy atom. The number of rotatable bonds is 3. The molecule has 2 rings (SSSR count). The second kappa shape index (κ2) is 6.05. The molecule has 1 aliphatic rings. The number of carbonyl (C=O) groups excluding carboxylic acids is 1. The summed E-state index contributed by atoms with van der Waals surface area (Å²) < 4.78 is 38.1. The van der Waals surface area contributed by atoms with Crippen molar-refractivity contribution < 1.29 is 18.0 Å². The number of benzene rings is 1. The standard InChI is InChI=1S/C15H19F3N2O/c1-9(20-14(21)12-6-3-7-13(12)19)10-4-2-5-11(8-10)15(16,17)18/h2,4-5,8-9,12-13H,3,6-7,19H2,1H3,(H,20,21). The maximum atomic E-state index is 12.7. The number of nitrogens with two attached hydrogens (primary N) is 1. The molecular weight excluding hydrogens is 281 g/mol. The minimum Gasteiger partial charge on any atom is -0.349 e. The maximum absolute atomic E-state index is 12.7. The second-order valence-corrected chi connectivity index (χ2v) is 5.55. The molecule has 21 heavy (non-hydrogen) atoms. The number of nitrogens with one attached hydrogen (secondary N) is 1. The molecule has 0 aliphatic heterocycles. The van der Waals surface area contributed by atoms with Crippen LogP contribution in [0.3, 0.4) is 0 Å². The van der Waals surface area contributed by atoms with Gasteiger partial charge in [0.15, 0.2) is 0 Å². The van der Waals surface area contributed by atoms with Gasteiger partial charge < -0.3 is 11.1 Å². The van der Waals surface area contributed by atoms with E-state index in [-0.39, 0.29) is 17.9 Å². The largest absolute Gasteiger partial charge is 0.416 e. The number of hydrogen-bond donors (Lipinski definition) is 2. The highest BCUT2D eigenvalue weighted by atomic mass is 19.4. The van der Waals surface area contributed by atoms with Crippen molar-refractivity contribution in [2.24, 2.45) is 11.7 Å². The predicted octanol–water partition coefficient (Wildman–Crippen LogP) is 3.01. The smallest absolute Gasteiger partial charge is 0.349 e. The predicted molar refractivity (Wildman–Crippen MR) is 73.3 cm³/mol. The molecule has 0 bridgehead atoms. The van der Waals surface area contributed by atoms with E-state index in [0.29, 0.717) is 5.56 Å². The van der Waals surface area contributed by atoms with E-state index >= 15 is 0 Å². The molecule has 0 aromatic heterocycles. The van der Waals surface area contributed by atoms with Crippen molar-refractivity contribution in [3.63, 3.8) is 0 Å². The lowest BCUT2D eigenvalue weighted by molar-refractivity contribution is -0.137. The Morgan fingerprint density at radius 3 is 2.67 bits per heavy atom. The minimum absolute atomic E-state index is 0.154. The lowest BCUT2D eigenvalue weighted by Crippen LogP contribution is -2.39. The van der Waals surface area contributed by atoms with Gasteiger partial charge in [0, 0.05) is 6.04 Å². The number of carbonyl (C=O) groups is 1. The van der Waals surface area contributed by atoms with Gasteiger partial charge >= 0.3 is 6.18 Å². The van der Waals surface area contributed by atoms with E-state index in [2.05, 4.69) is 5.32 Å². The van der Waals surface area contributed by atoms with Crippen LogP contribution in [-0.4, -0.2) is 11.9 Å². The third-order valence-electron chi connectivity index (χ3n) is 3.98. The summed E-state index contributed by atoms with van der Waals surface area (Å²) in [5.41, 5.74) is 5.59. The van der Waals surface area contributed by atoms with E-state index in [1.807, 2.05) is 0 Å². The van der Waals surface area contributed by atoms with Gasteiger partial charge in [0.1, 0.15) is 0 Å². The molecule has 3 unspecified atom stereocenters. The Labute approximate surface area is 121 Å². The van der Waals surface area contributed by atoms with E-state index in [1.54, 1.807) is 13.0 Å². The van der Waals surface area contributed by atoms with E-state index < -0.39 is 17.8 Å². The molecule has 0 spiro atoms. The normalized spacial score (nSPS) is 23.9. The van der Waals surface area contributed by atoms with Crippen LogP contribution in [0, 0.1) is 5.92 Å². The Balaban J connectivity index is 2.06. The third kappa shape index (κ3) is 3.75. The molecule has 6 heteroatoms. The summed E-state index contributed by atoms with van der Waals surface area (Å²) >= 11 is 0. The number of hydrogen-bond acceptors (Lipinski definition) is 2. The van der Waals surface area contributed by atoms with Crippen LogP contribution < -0.4 is 11.1 Å². The molecule has 3 N–H and O–H groups in total. The van der Waals surface area contributed by atoms with Gasteiger partial charge in [0.2, 0.25) is 5.91 Å². The molecule has 1 fully saturated rings. The highest BCUT2D eigenvalue weighted by Gasteiger charge is 2.32. The fraction of sp³-hybridized carbons (Fsp3) is 0.533. The molecule has 0 heterocycles. The molecule has 0 radical (unpaired) electrons. The zero-order valence-corrected chi connectivity index (χ0v) is 11.8. The molecule has 1 aromatic carbocycles. The molecule has 0 saturated heterocycles. The Hall–Kier alpha value is -1.56. The highest BCUT2D eigenvalue weighted by molar-refractivity contribution is 5.80. The lowest BCUT2D eigenvalue weighted by atomic mass is 10.0. The summed E-state index contributed by atoms with van der Waals surface area (Å²) in [7, 11) is 0. The number of alkyl halides is 3. The van der Waals surface area contributed by atoms with Crippen molar-refractivity contribution in [2.45, 2.75) is 44.4 Å². The second-order valence-electron chi connectivity index (χ2n) is 5.55. The van der Waals surface area contributed by atoms with Crippen LogP contribution in [0.4, 0.5) is 13.2 Å². The van der Waals surface area contributed by atoms with E-state index in [1.165, 1.54) is 6.07 Å². The quantitative estimate of drug-likeness (QED) is 0.901. The molecular formula is C15H19F3N2O. The minimum atomic E-state index is -4.38. The average molecular weight is 300 g/mol. The molecule has 1 aliphatic carbocycles. The SMILES string of the molecule is CC(NC(=O)C1CCCC1N)c1cccc(C(F)(F)F)c1. The van der Waals surface area contributed by atoms with Crippen molar-refractivity contribution >= 4 is 5.91 Å². The number of amides is 1. The third-order valence-corrected chi connectivity index (χ3v) is 3.98. The molecule has 1 saturated carbocycles. The van der Waals surface area contributed by atoms with Crippen LogP contribution in [-0.2, 0) is 11.0 Å². The van der Waals surface area contributed by atoms with E-state index in [4.69, 9.17) is 5.73 Å². The van der Waals surface area contributed by atoms with Crippen LogP contribution in [0.1, 0.15) is 43.4 Å².